The van der Waals surface area contributed by atoms with Crippen molar-refractivity contribution in [3.63, 3.8) is 0 Å². The van der Waals surface area contributed by atoms with Gasteiger partial charge in [-0.05, 0) is 52.7 Å². The molecule has 0 aliphatic carbocycles. The maximum Gasteiger partial charge on any atom is 0.488 e. The zero-order chi connectivity index (χ0) is 14.7. The largest absolute Gasteiger partial charge is 0.488 e. The lowest BCUT2D eigenvalue weighted by Gasteiger charge is -2.15. The molecule has 0 bridgehead atoms. The van der Waals surface area contributed by atoms with E-state index in [0.717, 1.165) is 35.1 Å². The molecule has 20 heavy (non-hydrogen) atoms. The average molecular weight is 289 g/mol. The van der Waals surface area contributed by atoms with E-state index in [1.54, 1.807) is 0 Å². The highest BCUT2D eigenvalue weighted by molar-refractivity contribution is 6.59. The van der Waals surface area contributed by atoms with Crippen molar-refractivity contribution in [3.05, 3.63) is 52.5 Å². The van der Waals surface area contributed by atoms with E-state index in [2.05, 4.69) is 0 Å². The molecule has 0 spiro atoms. The van der Waals surface area contributed by atoms with Crippen LogP contribution in [0.4, 0.5) is 0 Å². The van der Waals surface area contributed by atoms with Crippen LogP contribution in [0.2, 0.25) is 5.02 Å². The molecule has 104 valence electrons. The van der Waals surface area contributed by atoms with Crippen LogP contribution >= 0.6 is 11.6 Å². The van der Waals surface area contributed by atoms with Gasteiger partial charge >= 0.3 is 7.12 Å². The lowest BCUT2D eigenvalue weighted by Crippen LogP contribution is -2.36. The number of halogens is 1. The summed E-state index contributed by atoms with van der Waals surface area (Å²) in [5.41, 5.74) is 4.76. The first-order valence-corrected chi connectivity index (χ1v) is 7.22. The van der Waals surface area contributed by atoms with Crippen LogP contribution in [0.1, 0.15) is 25.0 Å². The molecule has 2 aromatic carbocycles. The monoisotopic (exact) mass is 288 g/mol. The van der Waals surface area contributed by atoms with Crippen molar-refractivity contribution in [1.82, 2.24) is 0 Å². The summed E-state index contributed by atoms with van der Waals surface area (Å²) in [7, 11) is -1.42. The van der Waals surface area contributed by atoms with Gasteiger partial charge in [-0.15, -0.1) is 0 Å². The van der Waals surface area contributed by atoms with E-state index in [-0.39, 0.29) is 0 Å². The van der Waals surface area contributed by atoms with Gasteiger partial charge in [-0.25, -0.2) is 0 Å². The minimum absolute atomic E-state index is 0.646. The van der Waals surface area contributed by atoms with Crippen LogP contribution in [0, 0.1) is 0 Å². The molecule has 0 atom stereocenters. The number of hydrogen-bond donors (Lipinski definition) is 2. The molecule has 0 radical (unpaired) electrons. The SMILES string of the molecule is CCc1cc(-c2ccc(Cl)cc2)cc(CC)c1B(O)O. The number of rotatable bonds is 4. The van der Waals surface area contributed by atoms with E-state index >= 15 is 0 Å². The summed E-state index contributed by atoms with van der Waals surface area (Å²) in [6.07, 6.45) is 1.53. The van der Waals surface area contributed by atoms with Crippen LogP contribution < -0.4 is 5.46 Å². The molecule has 2 aromatic rings. The Morgan fingerprint density at radius 1 is 0.900 bits per heavy atom. The number of aryl methyl sites for hydroxylation is 2. The molecule has 2 N–H and O–H groups in total. The summed E-state index contributed by atoms with van der Waals surface area (Å²) in [5, 5.41) is 19.9. The second-order valence-electron chi connectivity index (χ2n) is 4.80. The Morgan fingerprint density at radius 2 is 1.40 bits per heavy atom. The summed E-state index contributed by atoms with van der Waals surface area (Å²) in [5.74, 6) is 0. The van der Waals surface area contributed by atoms with Crippen molar-refractivity contribution in [2.45, 2.75) is 26.7 Å². The molecule has 4 heteroatoms. The minimum atomic E-state index is -1.42. The highest BCUT2D eigenvalue weighted by Gasteiger charge is 2.20. The van der Waals surface area contributed by atoms with Crippen LogP contribution in [0.15, 0.2) is 36.4 Å². The molecule has 0 heterocycles. The quantitative estimate of drug-likeness (QED) is 0.849. The first-order valence-electron chi connectivity index (χ1n) is 6.84. The number of benzene rings is 2. The predicted molar refractivity (Wildman–Crippen MR) is 85.5 cm³/mol. The van der Waals surface area contributed by atoms with Crippen molar-refractivity contribution in [2.75, 3.05) is 0 Å². The lowest BCUT2D eigenvalue weighted by molar-refractivity contribution is 0.425. The molecule has 0 amide bonds. The van der Waals surface area contributed by atoms with Gasteiger partial charge in [0.15, 0.2) is 0 Å². The predicted octanol–water partition coefficient (Wildman–Crippen LogP) is 2.81. The van der Waals surface area contributed by atoms with Crippen LogP contribution in [0.25, 0.3) is 11.1 Å². The maximum atomic E-state index is 9.58. The Balaban J connectivity index is 2.58. The molecule has 0 unspecified atom stereocenters. The van der Waals surface area contributed by atoms with Crippen LogP contribution in [0.3, 0.4) is 0 Å². The summed E-state index contributed by atoms with van der Waals surface area (Å²) >= 11 is 5.92. The number of hydrogen-bond acceptors (Lipinski definition) is 2. The Morgan fingerprint density at radius 3 is 1.80 bits per heavy atom. The van der Waals surface area contributed by atoms with Gasteiger partial charge in [0.25, 0.3) is 0 Å². The maximum absolute atomic E-state index is 9.58. The molecule has 0 fully saturated rings. The van der Waals surface area contributed by atoms with Crippen LogP contribution in [0.5, 0.6) is 0 Å². The fourth-order valence-corrected chi connectivity index (χ4v) is 2.63. The lowest BCUT2D eigenvalue weighted by atomic mass is 9.72. The summed E-state index contributed by atoms with van der Waals surface area (Å²) in [4.78, 5) is 0. The van der Waals surface area contributed by atoms with Gasteiger partial charge in [-0.2, -0.15) is 0 Å². The highest BCUT2D eigenvalue weighted by Crippen LogP contribution is 2.24. The molecule has 0 aliphatic rings. The second kappa shape index (κ2) is 6.44. The molecule has 0 saturated carbocycles. The van der Waals surface area contributed by atoms with Gasteiger partial charge < -0.3 is 10.0 Å². The topological polar surface area (TPSA) is 40.5 Å². The molecule has 0 saturated heterocycles. The zero-order valence-corrected chi connectivity index (χ0v) is 12.5. The van der Waals surface area contributed by atoms with E-state index in [9.17, 15) is 10.0 Å². The van der Waals surface area contributed by atoms with Gasteiger partial charge in [-0.1, -0.05) is 49.7 Å². The fraction of sp³-hybridized carbons (Fsp3) is 0.250. The van der Waals surface area contributed by atoms with Gasteiger partial charge in [0.1, 0.15) is 0 Å². The fourth-order valence-electron chi connectivity index (χ4n) is 2.50. The first-order chi connectivity index (χ1) is 9.56. The molecule has 0 aromatic heterocycles. The third-order valence-corrected chi connectivity index (χ3v) is 3.80. The molecular formula is C16H18BClO2. The van der Waals surface area contributed by atoms with Crippen molar-refractivity contribution in [2.24, 2.45) is 0 Å². The highest BCUT2D eigenvalue weighted by atomic mass is 35.5. The summed E-state index contributed by atoms with van der Waals surface area (Å²) in [6, 6.07) is 11.7. The van der Waals surface area contributed by atoms with E-state index in [0.29, 0.717) is 10.5 Å². The summed E-state index contributed by atoms with van der Waals surface area (Å²) in [6.45, 7) is 4.04. The van der Waals surface area contributed by atoms with Crippen molar-refractivity contribution >= 4 is 24.2 Å². The Hall–Kier alpha value is -1.29. The van der Waals surface area contributed by atoms with Gasteiger partial charge in [0.2, 0.25) is 0 Å². The third-order valence-electron chi connectivity index (χ3n) is 3.55. The third kappa shape index (κ3) is 3.06. The molecular weight excluding hydrogens is 270 g/mol. The second-order valence-corrected chi connectivity index (χ2v) is 5.23. The zero-order valence-electron chi connectivity index (χ0n) is 11.7. The Bertz CT molecular complexity index is 569. The van der Waals surface area contributed by atoms with Crippen molar-refractivity contribution < 1.29 is 10.0 Å². The average Bonchev–Trinajstić information content (AvgIpc) is 2.46. The first kappa shape index (κ1) is 15.1. The smallest absolute Gasteiger partial charge is 0.423 e. The van der Waals surface area contributed by atoms with Gasteiger partial charge in [0.05, 0.1) is 0 Å². The van der Waals surface area contributed by atoms with E-state index in [1.807, 2.05) is 50.2 Å². The molecule has 2 rings (SSSR count). The van der Waals surface area contributed by atoms with Gasteiger partial charge in [-0.3, -0.25) is 0 Å². The molecule has 2 nitrogen and oxygen atoms in total. The van der Waals surface area contributed by atoms with Crippen molar-refractivity contribution in [3.8, 4) is 11.1 Å². The summed E-state index contributed by atoms with van der Waals surface area (Å²) < 4.78 is 0. The van der Waals surface area contributed by atoms with E-state index in [1.165, 1.54) is 0 Å². The van der Waals surface area contributed by atoms with E-state index < -0.39 is 7.12 Å². The minimum Gasteiger partial charge on any atom is -0.423 e. The van der Waals surface area contributed by atoms with Crippen LogP contribution in [-0.2, 0) is 12.8 Å². The van der Waals surface area contributed by atoms with E-state index in [4.69, 9.17) is 11.6 Å². The Labute approximate surface area is 125 Å². The normalized spacial score (nSPS) is 10.7. The standard InChI is InChI=1S/C16H18BClO2/c1-3-11-9-14(13-5-7-15(18)8-6-13)10-12(4-2)16(11)17(19)20/h5-10,19-20H,3-4H2,1-2H3. The Kier molecular flexibility index (Phi) is 4.87. The molecule has 0 aliphatic heterocycles. The van der Waals surface area contributed by atoms with Crippen LogP contribution in [-0.4, -0.2) is 17.2 Å². The van der Waals surface area contributed by atoms with Gasteiger partial charge in [0, 0.05) is 5.02 Å². The van der Waals surface area contributed by atoms with Crippen molar-refractivity contribution in [1.29, 1.82) is 0 Å².